The Bertz CT molecular complexity index is 1280. The van der Waals surface area contributed by atoms with Gasteiger partial charge in [0, 0.05) is 24.8 Å². The van der Waals surface area contributed by atoms with E-state index >= 15 is 0 Å². The maximum Gasteiger partial charge on any atom is 0.410 e. The van der Waals surface area contributed by atoms with E-state index in [1.54, 1.807) is 35.0 Å². The van der Waals surface area contributed by atoms with Crippen molar-refractivity contribution in [2.75, 3.05) is 11.9 Å². The maximum atomic E-state index is 13.5. The Morgan fingerprint density at radius 2 is 1.76 bits per heavy atom. The minimum absolute atomic E-state index is 0.0659. The number of amides is 1. The minimum atomic E-state index is -4.36. The molecule has 1 unspecified atom stereocenters. The number of aromatic nitrogens is 4. The Morgan fingerprint density at radius 3 is 2.27 bits per heavy atom. The van der Waals surface area contributed by atoms with Crippen LogP contribution in [0.3, 0.4) is 0 Å². The molecule has 2 aliphatic rings. The monoisotopic (exact) mass is 588 g/mol. The van der Waals surface area contributed by atoms with Crippen LogP contribution >= 0.6 is 0 Å². The number of aryl methyl sites for hydroxylation is 1. The largest absolute Gasteiger partial charge is 0.481 e. The first-order valence-corrected chi connectivity index (χ1v) is 12.6. The summed E-state index contributed by atoms with van der Waals surface area (Å²) in [7, 11) is 0. The Balaban J connectivity index is 0.000000302. The van der Waals surface area contributed by atoms with E-state index in [-0.39, 0.29) is 31.0 Å². The first-order valence-electron chi connectivity index (χ1n) is 12.6. The molecule has 0 spiro atoms. The highest BCUT2D eigenvalue weighted by Gasteiger charge is 2.46. The number of hydrogen-bond acceptors (Lipinski definition) is 8. The first kappa shape index (κ1) is 31.4. The highest BCUT2D eigenvalue weighted by Crippen LogP contribution is 2.41. The molecule has 2 aliphatic heterocycles. The van der Waals surface area contributed by atoms with Crippen molar-refractivity contribution in [3.8, 4) is 0 Å². The van der Waals surface area contributed by atoms with Gasteiger partial charge in [-0.05, 0) is 38.7 Å². The van der Waals surface area contributed by atoms with Crippen molar-refractivity contribution in [3.05, 3.63) is 29.7 Å². The summed E-state index contributed by atoms with van der Waals surface area (Å²) in [4.78, 5) is 45.0. The van der Waals surface area contributed by atoms with Gasteiger partial charge in [-0.2, -0.15) is 23.4 Å². The van der Waals surface area contributed by atoms with Crippen molar-refractivity contribution in [3.63, 3.8) is 0 Å². The number of carboxylic acids is 3. The van der Waals surface area contributed by atoms with Gasteiger partial charge < -0.3 is 30.6 Å². The number of likely N-dealkylation sites (tertiary alicyclic amines) is 1. The molecule has 0 saturated carbocycles. The summed E-state index contributed by atoms with van der Waals surface area (Å²) < 4.78 is 43.0. The number of nitrogens with one attached hydrogen (secondary N) is 1. The molecule has 1 amide bonds. The van der Waals surface area contributed by atoms with Gasteiger partial charge in [0.25, 0.3) is 0 Å². The molecule has 3 atom stereocenters. The highest BCUT2D eigenvalue weighted by molar-refractivity contribution is 5.88. The molecular weight excluding hydrogens is 557 g/mol. The second-order valence-electron chi connectivity index (χ2n) is 10.2. The summed E-state index contributed by atoms with van der Waals surface area (Å²) in [5, 5.41) is 45.3. The molecule has 5 N–H and O–H groups in total. The smallest absolute Gasteiger partial charge is 0.410 e. The molecule has 4 rings (SSSR count). The summed E-state index contributed by atoms with van der Waals surface area (Å²) in [6.45, 7) is 4.30. The van der Waals surface area contributed by atoms with E-state index < -0.39 is 48.6 Å². The Hall–Kier alpha value is -4.15. The molecule has 0 aliphatic carbocycles. The van der Waals surface area contributed by atoms with Crippen molar-refractivity contribution < 1.29 is 52.8 Å². The van der Waals surface area contributed by atoms with E-state index in [2.05, 4.69) is 15.5 Å². The number of carboxylic acid groups (broad SMARTS) is 3. The maximum absolute atomic E-state index is 13.5. The lowest BCUT2D eigenvalue weighted by Crippen LogP contribution is -2.42. The molecule has 0 bridgehead atoms. The number of carbonyl (C=O) groups is 4. The minimum Gasteiger partial charge on any atom is -0.481 e. The molecule has 4 heterocycles. The Morgan fingerprint density at radius 1 is 1.12 bits per heavy atom. The fourth-order valence-electron chi connectivity index (χ4n) is 4.81. The standard InChI is InChI=1S/C18H23F3N6O.C6H8O7/c1-11-8-22-25(9-11)10-17(28)26-5-3-4-14(26)13-7-16-23-12(2)6-15(18(19,20)21)27(16)24-13;7-3(8)1-6(13,5(11)12)2-4(9)10/h7-9,12,14-15,23H,3-6,10H2,1-2H3;13H,1-2H2,(H,7,8)(H,9,10)(H,11,12)/t12-,14?,15-;/m1./s1. The van der Waals surface area contributed by atoms with E-state index in [1.807, 2.05) is 6.92 Å². The van der Waals surface area contributed by atoms with Crippen LogP contribution in [-0.2, 0) is 25.7 Å². The molecule has 1 saturated heterocycles. The van der Waals surface area contributed by atoms with Crippen molar-refractivity contribution in [1.82, 2.24) is 24.5 Å². The quantitative estimate of drug-likeness (QED) is 0.301. The number of halogens is 3. The molecule has 1 fully saturated rings. The SMILES string of the molecule is Cc1cnn(CC(=O)N2CCCC2c2cc3n(n2)[C@@H](C(F)(F)F)C[C@@H](C)N3)c1.O=C(O)CC(O)(CC(=O)O)C(=O)O. The lowest BCUT2D eigenvalue weighted by Gasteiger charge is -2.31. The lowest BCUT2D eigenvalue weighted by molar-refractivity contribution is -0.173. The molecule has 2 aromatic rings. The van der Waals surface area contributed by atoms with Crippen LogP contribution in [0.1, 0.15) is 62.4 Å². The van der Waals surface area contributed by atoms with Crippen LogP contribution in [0.5, 0.6) is 0 Å². The second kappa shape index (κ2) is 12.2. The lowest BCUT2D eigenvalue weighted by atomic mass is 9.96. The van der Waals surface area contributed by atoms with Crippen LogP contribution in [0.25, 0.3) is 0 Å². The van der Waals surface area contributed by atoms with E-state index in [0.717, 1.165) is 16.7 Å². The summed E-state index contributed by atoms with van der Waals surface area (Å²) in [6.07, 6.45) is -1.76. The number of carbonyl (C=O) groups excluding carboxylic acids is 1. The van der Waals surface area contributed by atoms with Gasteiger partial charge in [0.2, 0.25) is 5.91 Å². The number of aliphatic carboxylic acids is 3. The van der Waals surface area contributed by atoms with Crippen LogP contribution in [0.4, 0.5) is 19.0 Å². The van der Waals surface area contributed by atoms with Gasteiger partial charge in [-0.1, -0.05) is 0 Å². The normalized spacial score (nSPS) is 20.4. The zero-order valence-corrected chi connectivity index (χ0v) is 22.2. The van der Waals surface area contributed by atoms with Crippen molar-refractivity contribution >= 4 is 29.6 Å². The predicted molar refractivity (Wildman–Crippen MR) is 133 cm³/mol. The van der Waals surface area contributed by atoms with Crippen molar-refractivity contribution in [1.29, 1.82) is 0 Å². The topological polar surface area (TPSA) is 200 Å². The number of rotatable bonds is 8. The van der Waals surface area contributed by atoms with Crippen LogP contribution in [-0.4, -0.2) is 93.1 Å². The van der Waals surface area contributed by atoms with Gasteiger partial charge in [-0.25, -0.2) is 9.48 Å². The van der Waals surface area contributed by atoms with Gasteiger partial charge in [0.15, 0.2) is 11.6 Å². The van der Waals surface area contributed by atoms with Gasteiger partial charge in [-0.3, -0.25) is 19.1 Å². The number of hydrogen-bond donors (Lipinski definition) is 5. The summed E-state index contributed by atoms with van der Waals surface area (Å²) in [6, 6.07) is -0.602. The van der Waals surface area contributed by atoms with Gasteiger partial charge in [0.05, 0.1) is 30.8 Å². The number of fused-ring (bicyclic) bond motifs is 1. The van der Waals surface area contributed by atoms with E-state index in [4.69, 9.17) is 20.4 Å². The molecule has 226 valence electrons. The molecule has 41 heavy (non-hydrogen) atoms. The second-order valence-corrected chi connectivity index (χ2v) is 10.2. The predicted octanol–water partition coefficient (Wildman–Crippen LogP) is 1.81. The number of alkyl halides is 3. The molecular formula is C24H31F3N6O8. The van der Waals surface area contributed by atoms with Gasteiger partial charge >= 0.3 is 24.1 Å². The van der Waals surface area contributed by atoms with Crippen molar-refractivity contribution in [2.24, 2.45) is 0 Å². The fourth-order valence-corrected chi connectivity index (χ4v) is 4.81. The van der Waals surface area contributed by atoms with Crippen LogP contribution < -0.4 is 5.32 Å². The third-order valence-electron chi connectivity index (χ3n) is 6.66. The zero-order chi connectivity index (χ0) is 30.7. The average Bonchev–Trinajstić information content (AvgIpc) is 3.56. The van der Waals surface area contributed by atoms with Gasteiger partial charge in [-0.15, -0.1) is 0 Å². The zero-order valence-electron chi connectivity index (χ0n) is 22.2. The highest BCUT2D eigenvalue weighted by atomic mass is 19.4. The van der Waals surface area contributed by atoms with E-state index in [1.165, 1.54) is 0 Å². The average molecular weight is 589 g/mol. The van der Waals surface area contributed by atoms with E-state index in [9.17, 15) is 32.3 Å². The molecule has 17 heteroatoms. The molecule has 0 radical (unpaired) electrons. The molecule has 2 aromatic heterocycles. The summed E-state index contributed by atoms with van der Waals surface area (Å²) in [5.41, 5.74) is -1.27. The van der Waals surface area contributed by atoms with Crippen LogP contribution in [0, 0.1) is 6.92 Å². The molecule has 0 aromatic carbocycles. The summed E-state index contributed by atoms with van der Waals surface area (Å²) in [5.74, 6) is -4.77. The Labute approximate surface area is 231 Å². The number of anilines is 1. The van der Waals surface area contributed by atoms with Gasteiger partial charge in [0.1, 0.15) is 12.4 Å². The third kappa shape index (κ3) is 7.74. The first-order chi connectivity index (χ1) is 19.0. The summed E-state index contributed by atoms with van der Waals surface area (Å²) >= 11 is 0. The van der Waals surface area contributed by atoms with Crippen LogP contribution in [0.2, 0.25) is 0 Å². The van der Waals surface area contributed by atoms with E-state index in [0.29, 0.717) is 24.5 Å². The fraction of sp³-hybridized carbons (Fsp3) is 0.583. The Kier molecular flexibility index (Phi) is 9.30. The molecule has 14 nitrogen and oxygen atoms in total. The van der Waals surface area contributed by atoms with Crippen molar-refractivity contribution in [2.45, 2.75) is 82.4 Å². The number of aliphatic hydroxyl groups is 1. The number of nitrogens with zero attached hydrogens (tertiary/aromatic N) is 5. The van der Waals surface area contributed by atoms with Crippen LogP contribution in [0.15, 0.2) is 18.5 Å². The third-order valence-corrected chi connectivity index (χ3v) is 6.66.